The molecule has 4 atom stereocenters. The van der Waals surface area contributed by atoms with Crippen LogP contribution in [0, 0.1) is 6.92 Å². The van der Waals surface area contributed by atoms with Gasteiger partial charge in [-0.1, -0.05) is 30.3 Å². The molecule has 31 heavy (non-hydrogen) atoms. The molecule has 0 bridgehead atoms. The highest BCUT2D eigenvalue weighted by molar-refractivity contribution is 5.87. The first kappa shape index (κ1) is 21.5. The lowest BCUT2D eigenvalue weighted by molar-refractivity contribution is -0.305. The van der Waals surface area contributed by atoms with Crippen molar-refractivity contribution >= 4 is 11.0 Å². The Hall–Kier alpha value is -2.71. The fraction of sp³-hybridized carbons (Fsp3) is 0.375. The average Bonchev–Trinajstić information content (AvgIpc) is 2.72. The Morgan fingerprint density at radius 3 is 2.42 bits per heavy atom. The highest BCUT2D eigenvalue weighted by Crippen LogP contribution is 2.34. The largest absolute Gasteiger partial charge is 0.462 e. The average molecular weight is 426 g/mol. The standard InChI is InChI=1S/C24H26O7/c1-13-16-11-10-15(29-23-20(26)19(25)21(28-4)24(2,3)31-23)12-17(16)30-22(27)18(13)14-8-6-5-7-9-14/h5-12,19-21,23,25-26H,1-4H3/t19-,20-,21+,23?/m0/s1. The van der Waals surface area contributed by atoms with E-state index >= 15 is 0 Å². The van der Waals surface area contributed by atoms with Gasteiger partial charge in [0.15, 0.2) is 0 Å². The summed E-state index contributed by atoms with van der Waals surface area (Å²) in [4.78, 5) is 12.7. The van der Waals surface area contributed by atoms with Gasteiger partial charge in [0.1, 0.15) is 29.6 Å². The van der Waals surface area contributed by atoms with Gasteiger partial charge in [-0.25, -0.2) is 4.79 Å². The molecule has 1 aromatic heterocycles. The topological polar surface area (TPSA) is 98.4 Å². The Bertz CT molecular complexity index is 1140. The van der Waals surface area contributed by atoms with Crippen molar-refractivity contribution in [1.29, 1.82) is 0 Å². The highest BCUT2D eigenvalue weighted by atomic mass is 16.7. The van der Waals surface area contributed by atoms with Crippen LogP contribution >= 0.6 is 0 Å². The number of hydrogen-bond donors (Lipinski definition) is 2. The minimum Gasteiger partial charge on any atom is -0.462 e. The number of methoxy groups -OCH3 is 1. The number of aliphatic hydroxyl groups excluding tert-OH is 2. The van der Waals surface area contributed by atoms with Crippen LogP contribution in [0.3, 0.4) is 0 Å². The number of ether oxygens (including phenoxy) is 3. The summed E-state index contributed by atoms with van der Waals surface area (Å²) in [6.07, 6.45) is -4.34. The van der Waals surface area contributed by atoms with E-state index in [9.17, 15) is 15.0 Å². The van der Waals surface area contributed by atoms with Crippen molar-refractivity contribution in [2.45, 2.75) is 51.0 Å². The fourth-order valence-electron chi connectivity index (χ4n) is 4.19. The Morgan fingerprint density at radius 1 is 1.03 bits per heavy atom. The van der Waals surface area contributed by atoms with Crippen LogP contribution in [0.4, 0.5) is 0 Å². The maximum Gasteiger partial charge on any atom is 0.344 e. The summed E-state index contributed by atoms with van der Waals surface area (Å²) in [6, 6.07) is 14.4. The van der Waals surface area contributed by atoms with E-state index in [0.29, 0.717) is 16.9 Å². The van der Waals surface area contributed by atoms with Crippen molar-refractivity contribution in [1.82, 2.24) is 0 Å². The summed E-state index contributed by atoms with van der Waals surface area (Å²) in [7, 11) is 1.45. The fourth-order valence-corrected chi connectivity index (χ4v) is 4.19. The Morgan fingerprint density at radius 2 is 1.74 bits per heavy atom. The van der Waals surface area contributed by atoms with Gasteiger partial charge in [0, 0.05) is 18.6 Å². The lowest BCUT2D eigenvalue weighted by Crippen LogP contribution is -2.63. The summed E-state index contributed by atoms with van der Waals surface area (Å²) in [6.45, 7) is 5.38. The van der Waals surface area contributed by atoms with Gasteiger partial charge in [0.2, 0.25) is 6.29 Å². The first-order valence-corrected chi connectivity index (χ1v) is 10.1. The van der Waals surface area contributed by atoms with Gasteiger partial charge in [-0.15, -0.1) is 0 Å². The van der Waals surface area contributed by atoms with E-state index in [0.717, 1.165) is 16.5 Å². The van der Waals surface area contributed by atoms with Crippen LogP contribution in [-0.2, 0) is 9.47 Å². The first-order chi connectivity index (χ1) is 14.7. The predicted octanol–water partition coefficient (Wildman–Crippen LogP) is 3.02. The molecule has 1 fully saturated rings. The SMILES string of the molecule is CO[C@@H]1[C@@H](O)[C@H](O)C(Oc2ccc3c(C)c(-c4ccccc4)c(=O)oc3c2)OC1(C)C. The first-order valence-electron chi connectivity index (χ1n) is 10.1. The summed E-state index contributed by atoms with van der Waals surface area (Å²) < 4.78 is 22.5. The molecule has 2 aromatic carbocycles. The van der Waals surface area contributed by atoms with E-state index in [2.05, 4.69) is 0 Å². The maximum absolute atomic E-state index is 12.7. The number of benzene rings is 2. The van der Waals surface area contributed by atoms with Crippen molar-refractivity contribution in [3.05, 3.63) is 64.5 Å². The monoisotopic (exact) mass is 426 g/mol. The summed E-state index contributed by atoms with van der Waals surface area (Å²) in [5, 5.41) is 21.6. The van der Waals surface area contributed by atoms with E-state index < -0.39 is 35.8 Å². The molecule has 0 aliphatic carbocycles. The molecule has 7 heteroatoms. The van der Waals surface area contributed by atoms with Gasteiger partial charge in [-0.05, 0) is 44.0 Å². The molecule has 1 saturated heterocycles. The number of hydrogen-bond acceptors (Lipinski definition) is 7. The molecule has 0 amide bonds. The van der Waals surface area contributed by atoms with E-state index in [1.54, 1.807) is 32.0 Å². The Balaban J connectivity index is 1.67. The predicted molar refractivity (Wildman–Crippen MR) is 115 cm³/mol. The van der Waals surface area contributed by atoms with E-state index in [1.165, 1.54) is 7.11 Å². The van der Waals surface area contributed by atoms with Crippen LogP contribution in [0.25, 0.3) is 22.1 Å². The van der Waals surface area contributed by atoms with Gasteiger partial charge in [0.05, 0.1) is 11.2 Å². The third-order valence-electron chi connectivity index (χ3n) is 5.75. The second kappa shape index (κ2) is 8.09. The molecule has 164 valence electrons. The normalized spacial score (nSPS) is 25.5. The van der Waals surface area contributed by atoms with Gasteiger partial charge in [-0.2, -0.15) is 0 Å². The van der Waals surface area contributed by atoms with Gasteiger partial charge < -0.3 is 28.8 Å². The zero-order chi connectivity index (χ0) is 22.3. The van der Waals surface area contributed by atoms with Crippen LogP contribution in [-0.4, -0.2) is 47.5 Å². The van der Waals surface area contributed by atoms with Crippen LogP contribution < -0.4 is 10.4 Å². The molecule has 0 saturated carbocycles. The van der Waals surface area contributed by atoms with Crippen LogP contribution in [0.1, 0.15) is 19.4 Å². The molecule has 4 rings (SSSR count). The number of aryl methyl sites for hydroxylation is 1. The summed E-state index contributed by atoms with van der Waals surface area (Å²) >= 11 is 0. The van der Waals surface area contributed by atoms with Crippen molar-refractivity contribution in [2.75, 3.05) is 7.11 Å². The molecule has 1 aliphatic heterocycles. The van der Waals surface area contributed by atoms with E-state index in [-0.39, 0.29) is 0 Å². The Kier molecular flexibility index (Phi) is 5.61. The molecule has 3 aromatic rings. The molecule has 0 spiro atoms. The lowest BCUT2D eigenvalue weighted by atomic mass is 9.89. The molecule has 7 nitrogen and oxygen atoms in total. The molecule has 0 radical (unpaired) electrons. The van der Waals surface area contributed by atoms with Gasteiger partial charge in [-0.3, -0.25) is 0 Å². The van der Waals surface area contributed by atoms with Gasteiger partial charge in [0.25, 0.3) is 0 Å². The van der Waals surface area contributed by atoms with Crippen molar-refractivity contribution < 1.29 is 28.8 Å². The summed E-state index contributed by atoms with van der Waals surface area (Å²) in [5.41, 5.74) is 1.14. The van der Waals surface area contributed by atoms with Gasteiger partial charge >= 0.3 is 5.63 Å². The van der Waals surface area contributed by atoms with Crippen molar-refractivity contribution in [3.8, 4) is 16.9 Å². The Labute approximate surface area is 179 Å². The molecule has 2 heterocycles. The van der Waals surface area contributed by atoms with Crippen LogP contribution in [0.2, 0.25) is 0 Å². The molecule has 2 N–H and O–H groups in total. The third kappa shape index (κ3) is 3.85. The minimum atomic E-state index is -1.32. The second-order valence-electron chi connectivity index (χ2n) is 8.26. The molecule has 1 unspecified atom stereocenters. The van der Waals surface area contributed by atoms with Crippen LogP contribution in [0.5, 0.6) is 5.75 Å². The minimum absolute atomic E-state index is 0.338. The smallest absolute Gasteiger partial charge is 0.344 e. The highest BCUT2D eigenvalue weighted by Gasteiger charge is 2.50. The zero-order valence-corrected chi connectivity index (χ0v) is 17.9. The maximum atomic E-state index is 12.7. The van der Waals surface area contributed by atoms with Crippen LogP contribution in [0.15, 0.2) is 57.7 Å². The van der Waals surface area contributed by atoms with E-state index in [1.807, 2.05) is 37.3 Å². The van der Waals surface area contributed by atoms with Crippen molar-refractivity contribution in [2.24, 2.45) is 0 Å². The molecular formula is C24H26O7. The number of aliphatic hydroxyl groups is 2. The number of rotatable bonds is 4. The third-order valence-corrected chi connectivity index (χ3v) is 5.75. The number of fused-ring (bicyclic) bond motifs is 1. The second-order valence-corrected chi connectivity index (χ2v) is 8.26. The molecule has 1 aliphatic rings. The van der Waals surface area contributed by atoms with Crippen molar-refractivity contribution in [3.63, 3.8) is 0 Å². The quantitative estimate of drug-likeness (QED) is 0.619. The lowest BCUT2D eigenvalue weighted by Gasteiger charge is -2.46. The summed E-state index contributed by atoms with van der Waals surface area (Å²) in [5.74, 6) is 0.338. The zero-order valence-electron chi connectivity index (χ0n) is 17.9. The molecular weight excluding hydrogens is 400 g/mol. The van der Waals surface area contributed by atoms with E-state index in [4.69, 9.17) is 18.6 Å².